The average molecular weight is 445 g/mol. The number of rotatable bonds is 4. The van der Waals surface area contributed by atoms with Crippen molar-refractivity contribution < 1.29 is 9.21 Å². The van der Waals surface area contributed by atoms with Gasteiger partial charge in [-0.2, -0.15) is 0 Å². The van der Waals surface area contributed by atoms with E-state index in [0.717, 1.165) is 27.5 Å². The van der Waals surface area contributed by atoms with E-state index >= 15 is 0 Å². The number of carbonyl (C=O) groups is 1. The number of aliphatic imine (C=N–C) groups is 1. The lowest BCUT2D eigenvalue weighted by atomic mass is 10.0. The minimum Gasteiger partial charge on any atom is -0.403 e. The van der Waals surface area contributed by atoms with E-state index in [1.807, 2.05) is 97.1 Å². The van der Waals surface area contributed by atoms with Gasteiger partial charge in [-0.25, -0.2) is 4.99 Å². The number of benzene rings is 4. The van der Waals surface area contributed by atoms with Crippen LogP contribution in [0.4, 0.5) is 11.7 Å². The summed E-state index contributed by atoms with van der Waals surface area (Å²) in [5.74, 6) is 0.0483. The van der Waals surface area contributed by atoms with E-state index < -0.39 is 6.17 Å². The Hall–Kier alpha value is -4.78. The van der Waals surface area contributed by atoms with Gasteiger partial charge in [0.2, 0.25) is 12.1 Å². The number of nitrogens with zero attached hydrogens (tertiary/aromatic N) is 3. The van der Waals surface area contributed by atoms with Crippen molar-refractivity contribution in [2.75, 3.05) is 10.6 Å². The van der Waals surface area contributed by atoms with Crippen molar-refractivity contribution in [2.24, 2.45) is 4.99 Å². The Morgan fingerprint density at radius 2 is 1.50 bits per heavy atom. The quantitative estimate of drug-likeness (QED) is 0.401. The van der Waals surface area contributed by atoms with Gasteiger partial charge in [-0.15, -0.1) is 5.10 Å². The summed E-state index contributed by atoms with van der Waals surface area (Å²) in [4.78, 5) is 17.8. The van der Waals surface area contributed by atoms with Crippen LogP contribution < -0.4 is 10.6 Å². The lowest BCUT2D eigenvalue weighted by Gasteiger charge is -2.11. The molecule has 0 fully saturated rings. The van der Waals surface area contributed by atoms with Crippen molar-refractivity contribution in [3.63, 3.8) is 0 Å². The number of benzodiazepines with no additional fused rings is 1. The summed E-state index contributed by atoms with van der Waals surface area (Å²) < 4.78 is 5.91. The lowest BCUT2D eigenvalue weighted by molar-refractivity contribution is -0.116. The van der Waals surface area contributed by atoms with Gasteiger partial charge in [0.25, 0.3) is 5.91 Å². The molecule has 1 aliphatic rings. The number of hydrogen-bond acceptors (Lipinski definition) is 6. The third-order valence-corrected chi connectivity index (χ3v) is 5.70. The standard InChI is InChI=1S/C27H19N5O2/c33-25-24(29-23(18-10-2-1-3-11-18)21-14-6-7-16-22(21)28-25)30-27-32-31-26(34-27)20-15-8-12-17-9-4-5-13-19(17)20/h1-16,24H,(H,28,33)(H,30,32)/t24-/m1/s1. The summed E-state index contributed by atoms with van der Waals surface area (Å²) in [5, 5.41) is 16.4. The highest BCUT2D eigenvalue weighted by molar-refractivity contribution is 6.19. The first-order valence-corrected chi connectivity index (χ1v) is 10.9. The molecule has 0 saturated carbocycles. The molecule has 7 heteroatoms. The van der Waals surface area contributed by atoms with Crippen LogP contribution in [0.5, 0.6) is 0 Å². The number of nitrogens with one attached hydrogen (secondary N) is 2. The number of fused-ring (bicyclic) bond motifs is 2. The first-order chi connectivity index (χ1) is 16.8. The minimum absolute atomic E-state index is 0.116. The van der Waals surface area contributed by atoms with Gasteiger partial charge in [-0.3, -0.25) is 4.79 Å². The van der Waals surface area contributed by atoms with E-state index in [4.69, 9.17) is 9.41 Å². The van der Waals surface area contributed by atoms with Gasteiger partial charge in [0, 0.05) is 16.7 Å². The molecule has 0 radical (unpaired) electrons. The van der Waals surface area contributed by atoms with Crippen molar-refractivity contribution in [1.82, 2.24) is 10.2 Å². The Bertz CT molecular complexity index is 1540. The van der Waals surface area contributed by atoms with Gasteiger partial charge >= 0.3 is 6.01 Å². The first-order valence-electron chi connectivity index (χ1n) is 10.9. The van der Waals surface area contributed by atoms with Crippen LogP contribution in [0.3, 0.4) is 0 Å². The summed E-state index contributed by atoms with van der Waals surface area (Å²) in [6.07, 6.45) is -0.955. The van der Waals surface area contributed by atoms with E-state index in [-0.39, 0.29) is 11.9 Å². The second-order valence-electron chi connectivity index (χ2n) is 7.86. The molecule has 34 heavy (non-hydrogen) atoms. The molecular weight excluding hydrogens is 426 g/mol. The van der Waals surface area contributed by atoms with Crippen molar-refractivity contribution in [3.05, 3.63) is 108 Å². The number of anilines is 2. The molecule has 0 bridgehead atoms. The van der Waals surface area contributed by atoms with E-state index in [9.17, 15) is 4.79 Å². The Labute approximate surface area is 195 Å². The van der Waals surface area contributed by atoms with Crippen LogP contribution in [-0.4, -0.2) is 28.0 Å². The third-order valence-electron chi connectivity index (χ3n) is 5.70. The largest absolute Gasteiger partial charge is 0.403 e. The number of aromatic nitrogens is 2. The van der Waals surface area contributed by atoms with Crippen molar-refractivity contribution >= 4 is 34.1 Å². The highest BCUT2D eigenvalue weighted by atomic mass is 16.4. The molecule has 1 aromatic heterocycles. The molecule has 7 nitrogen and oxygen atoms in total. The molecule has 5 aromatic rings. The van der Waals surface area contributed by atoms with Crippen molar-refractivity contribution in [3.8, 4) is 11.5 Å². The van der Waals surface area contributed by atoms with Crippen molar-refractivity contribution in [1.29, 1.82) is 0 Å². The molecule has 1 aliphatic heterocycles. The van der Waals surface area contributed by atoms with Gasteiger partial charge < -0.3 is 15.1 Å². The molecule has 2 N–H and O–H groups in total. The highest BCUT2D eigenvalue weighted by Crippen LogP contribution is 2.29. The summed E-state index contributed by atoms with van der Waals surface area (Å²) in [7, 11) is 0. The predicted octanol–water partition coefficient (Wildman–Crippen LogP) is 5.12. The first kappa shape index (κ1) is 19.9. The molecule has 164 valence electrons. The van der Waals surface area contributed by atoms with Crippen LogP contribution in [0, 0.1) is 0 Å². The maximum absolute atomic E-state index is 13.0. The number of carbonyl (C=O) groups excluding carboxylic acids is 1. The maximum atomic E-state index is 13.0. The molecule has 0 aliphatic carbocycles. The zero-order valence-electron chi connectivity index (χ0n) is 18.0. The summed E-state index contributed by atoms with van der Waals surface area (Å²) in [6.45, 7) is 0. The zero-order valence-corrected chi connectivity index (χ0v) is 18.0. The topological polar surface area (TPSA) is 92.4 Å². The molecule has 1 atom stereocenters. The number of amides is 1. The van der Waals surface area contributed by atoms with E-state index in [1.54, 1.807) is 0 Å². The molecule has 0 saturated heterocycles. The Morgan fingerprint density at radius 1 is 0.765 bits per heavy atom. The second-order valence-corrected chi connectivity index (χ2v) is 7.86. The smallest absolute Gasteiger partial charge is 0.317 e. The van der Waals surface area contributed by atoms with E-state index in [1.165, 1.54) is 0 Å². The zero-order chi connectivity index (χ0) is 22.9. The van der Waals surface area contributed by atoms with Crippen LogP contribution >= 0.6 is 0 Å². The highest BCUT2D eigenvalue weighted by Gasteiger charge is 2.27. The van der Waals surface area contributed by atoms with Crippen molar-refractivity contribution in [2.45, 2.75) is 6.17 Å². The second kappa shape index (κ2) is 8.29. The maximum Gasteiger partial charge on any atom is 0.317 e. The lowest BCUT2D eigenvalue weighted by Crippen LogP contribution is -2.32. The van der Waals surface area contributed by atoms with E-state index in [0.29, 0.717) is 17.3 Å². The van der Waals surface area contributed by atoms with Gasteiger partial charge in [0.15, 0.2) is 0 Å². The fraction of sp³-hybridized carbons (Fsp3) is 0.0370. The Balaban J connectivity index is 1.37. The molecular formula is C27H19N5O2. The summed E-state index contributed by atoms with van der Waals surface area (Å²) in [6, 6.07) is 31.4. The Kier molecular flexibility index (Phi) is 4.85. The third kappa shape index (κ3) is 3.59. The fourth-order valence-corrected chi connectivity index (χ4v) is 4.10. The minimum atomic E-state index is -0.955. The Morgan fingerprint density at radius 3 is 2.41 bits per heavy atom. The SMILES string of the molecule is O=C1Nc2ccccc2C(c2ccccc2)=N[C@@H]1Nc1nnc(-c2cccc3ccccc23)o1. The van der Waals surface area contributed by atoms with E-state index in [2.05, 4.69) is 20.8 Å². The summed E-state index contributed by atoms with van der Waals surface area (Å²) >= 11 is 0. The normalized spacial score (nSPS) is 15.2. The van der Waals surface area contributed by atoms with Crippen LogP contribution in [0.15, 0.2) is 106 Å². The van der Waals surface area contributed by atoms with Crippen LogP contribution in [-0.2, 0) is 4.79 Å². The monoisotopic (exact) mass is 445 g/mol. The molecule has 0 spiro atoms. The predicted molar refractivity (Wildman–Crippen MR) is 132 cm³/mol. The molecule has 1 amide bonds. The summed E-state index contributed by atoms with van der Waals surface area (Å²) in [5.41, 5.74) is 3.96. The molecule has 4 aromatic carbocycles. The number of hydrogen-bond donors (Lipinski definition) is 2. The fourth-order valence-electron chi connectivity index (χ4n) is 4.10. The van der Waals surface area contributed by atoms with Crippen LogP contribution in [0.25, 0.3) is 22.2 Å². The van der Waals surface area contributed by atoms with Gasteiger partial charge in [0.05, 0.1) is 11.4 Å². The number of para-hydroxylation sites is 1. The van der Waals surface area contributed by atoms with Crippen LogP contribution in [0.1, 0.15) is 11.1 Å². The average Bonchev–Trinajstić information content (AvgIpc) is 3.30. The molecule has 6 rings (SSSR count). The molecule has 0 unspecified atom stereocenters. The van der Waals surface area contributed by atoms with Gasteiger partial charge in [-0.1, -0.05) is 90.0 Å². The molecule has 2 heterocycles. The van der Waals surface area contributed by atoms with Gasteiger partial charge in [0.1, 0.15) is 0 Å². The van der Waals surface area contributed by atoms with Gasteiger partial charge in [-0.05, 0) is 22.9 Å². The van der Waals surface area contributed by atoms with Crippen LogP contribution in [0.2, 0.25) is 0 Å².